The number of ether oxygens (including phenoxy) is 2. The second-order valence-corrected chi connectivity index (χ2v) is 4.98. The number of methoxy groups -OCH3 is 1. The normalized spacial score (nSPS) is 13.5. The van der Waals surface area contributed by atoms with Crippen LogP contribution in [0.15, 0.2) is 30.3 Å². The lowest BCUT2D eigenvalue weighted by atomic mass is 10.1. The van der Waals surface area contributed by atoms with Gasteiger partial charge in [-0.05, 0) is 19.4 Å². The van der Waals surface area contributed by atoms with Crippen molar-refractivity contribution < 1.29 is 14.3 Å². The molecule has 1 unspecified atom stereocenters. The van der Waals surface area contributed by atoms with Gasteiger partial charge in [-0.1, -0.05) is 30.3 Å². The average molecular weight is 290 g/mol. The van der Waals surface area contributed by atoms with Gasteiger partial charge in [0.25, 0.3) is 0 Å². The molecule has 1 rings (SSSR count). The summed E-state index contributed by atoms with van der Waals surface area (Å²) < 4.78 is 10.2. The Morgan fingerprint density at radius 2 is 2.05 bits per heavy atom. The van der Waals surface area contributed by atoms with Gasteiger partial charge in [0.2, 0.25) is 0 Å². The SMILES string of the molecule is CCOC(=O)CN(Cc1ccccc1)CC(C)(C#N)OC. The molecule has 0 amide bonds. The van der Waals surface area contributed by atoms with Crippen LogP contribution in [0.4, 0.5) is 0 Å². The topological polar surface area (TPSA) is 62.6 Å². The van der Waals surface area contributed by atoms with Crippen LogP contribution in [0.3, 0.4) is 0 Å². The smallest absolute Gasteiger partial charge is 0.320 e. The predicted molar refractivity (Wildman–Crippen MR) is 79.4 cm³/mol. The highest BCUT2D eigenvalue weighted by atomic mass is 16.5. The molecule has 5 nitrogen and oxygen atoms in total. The summed E-state index contributed by atoms with van der Waals surface area (Å²) in [6.07, 6.45) is 0. The van der Waals surface area contributed by atoms with E-state index in [1.54, 1.807) is 13.8 Å². The van der Waals surface area contributed by atoms with Crippen molar-refractivity contribution in [2.75, 3.05) is 26.8 Å². The van der Waals surface area contributed by atoms with Gasteiger partial charge in [0.05, 0.1) is 19.2 Å². The summed E-state index contributed by atoms with van der Waals surface area (Å²) in [6.45, 7) is 4.83. The molecule has 0 saturated heterocycles. The Labute approximate surface area is 126 Å². The van der Waals surface area contributed by atoms with E-state index in [4.69, 9.17) is 9.47 Å². The molecule has 0 spiro atoms. The molecule has 0 bridgehead atoms. The number of nitriles is 1. The van der Waals surface area contributed by atoms with Crippen LogP contribution in [0.25, 0.3) is 0 Å². The highest BCUT2D eigenvalue weighted by Crippen LogP contribution is 2.13. The largest absolute Gasteiger partial charge is 0.465 e. The molecule has 1 aromatic carbocycles. The lowest BCUT2D eigenvalue weighted by Gasteiger charge is -2.29. The Bertz CT molecular complexity index is 484. The molecule has 0 N–H and O–H groups in total. The molecule has 0 aliphatic rings. The molecule has 0 heterocycles. The van der Waals surface area contributed by atoms with Crippen molar-refractivity contribution in [3.8, 4) is 6.07 Å². The zero-order chi connectivity index (χ0) is 15.7. The van der Waals surface area contributed by atoms with E-state index in [9.17, 15) is 10.1 Å². The Balaban J connectivity index is 2.79. The average Bonchev–Trinajstić information content (AvgIpc) is 2.48. The van der Waals surface area contributed by atoms with Gasteiger partial charge < -0.3 is 9.47 Å². The van der Waals surface area contributed by atoms with Crippen molar-refractivity contribution in [1.82, 2.24) is 4.90 Å². The zero-order valence-electron chi connectivity index (χ0n) is 12.8. The maximum Gasteiger partial charge on any atom is 0.320 e. The first-order valence-electron chi connectivity index (χ1n) is 6.91. The Morgan fingerprint density at radius 3 is 2.57 bits per heavy atom. The summed E-state index contributed by atoms with van der Waals surface area (Å²) in [5.74, 6) is -0.301. The van der Waals surface area contributed by atoms with Crippen LogP contribution >= 0.6 is 0 Å². The van der Waals surface area contributed by atoms with E-state index in [2.05, 4.69) is 6.07 Å². The zero-order valence-corrected chi connectivity index (χ0v) is 12.8. The van der Waals surface area contributed by atoms with Crippen LogP contribution in [0, 0.1) is 11.3 Å². The van der Waals surface area contributed by atoms with Gasteiger partial charge in [-0.3, -0.25) is 9.69 Å². The summed E-state index contributed by atoms with van der Waals surface area (Å²) in [4.78, 5) is 13.6. The van der Waals surface area contributed by atoms with Gasteiger partial charge in [0.1, 0.15) is 0 Å². The monoisotopic (exact) mass is 290 g/mol. The maximum atomic E-state index is 11.7. The first-order chi connectivity index (χ1) is 10.0. The molecule has 0 fully saturated rings. The number of carbonyl (C=O) groups excluding carboxylic acids is 1. The maximum absolute atomic E-state index is 11.7. The van der Waals surface area contributed by atoms with Crippen LogP contribution < -0.4 is 0 Å². The third-order valence-corrected chi connectivity index (χ3v) is 3.12. The van der Waals surface area contributed by atoms with E-state index >= 15 is 0 Å². The van der Waals surface area contributed by atoms with Gasteiger partial charge in [-0.15, -0.1) is 0 Å². The fraction of sp³-hybridized carbons (Fsp3) is 0.500. The molecular weight excluding hydrogens is 268 g/mol. The van der Waals surface area contributed by atoms with Gasteiger partial charge >= 0.3 is 5.97 Å². The van der Waals surface area contributed by atoms with Crippen LogP contribution in [-0.2, 0) is 20.8 Å². The number of benzene rings is 1. The second kappa shape index (κ2) is 8.40. The van der Waals surface area contributed by atoms with Crippen molar-refractivity contribution in [1.29, 1.82) is 5.26 Å². The van der Waals surface area contributed by atoms with E-state index in [0.717, 1.165) is 5.56 Å². The molecule has 0 aliphatic heterocycles. The summed E-state index contributed by atoms with van der Waals surface area (Å²) in [5, 5.41) is 9.22. The molecule has 114 valence electrons. The number of hydrogen-bond acceptors (Lipinski definition) is 5. The van der Waals surface area contributed by atoms with Crippen LogP contribution in [0.1, 0.15) is 19.4 Å². The minimum absolute atomic E-state index is 0.128. The first-order valence-corrected chi connectivity index (χ1v) is 6.91. The number of carbonyl (C=O) groups is 1. The van der Waals surface area contributed by atoms with E-state index in [1.807, 2.05) is 35.2 Å². The molecule has 21 heavy (non-hydrogen) atoms. The Hall–Kier alpha value is -1.90. The summed E-state index contributed by atoms with van der Waals surface area (Å²) in [6, 6.07) is 11.9. The summed E-state index contributed by atoms with van der Waals surface area (Å²) >= 11 is 0. The minimum atomic E-state index is -0.957. The second-order valence-electron chi connectivity index (χ2n) is 4.98. The molecule has 5 heteroatoms. The molecule has 1 aromatic rings. The van der Waals surface area contributed by atoms with Crippen molar-refractivity contribution >= 4 is 5.97 Å². The summed E-state index contributed by atoms with van der Waals surface area (Å²) in [7, 11) is 1.49. The Morgan fingerprint density at radius 1 is 1.38 bits per heavy atom. The van der Waals surface area contributed by atoms with E-state index in [1.165, 1.54) is 7.11 Å². The summed E-state index contributed by atoms with van der Waals surface area (Å²) in [5.41, 5.74) is 0.111. The molecule has 0 radical (unpaired) electrons. The number of rotatable bonds is 8. The van der Waals surface area contributed by atoms with Crippen molar-refractivity contribution in [2.45, 2.75) is 26.0 Å². The van der Waals surface area contributed by atoms with Crippen molar-refractivity contribution in [3.63, 3.8) is 0 Å². The standard InChI is InChI=1S/C16H22N2O3/c1-4-21-15(19)11-18(13-16(2,12-17)20-3)10-14-8-6-5-7-9-14/h5-9H,4,10-11,13H2,1-3H3. The van der Waals surface area contributed by atoms with Gasteiger partial charge in [-0.2, -0.15) is 5.26 Å². The van der Waals surface area contributed by atoms with Gasteiger partial charge in [-0.25, -0.2) is 0 Å². The van der Waals surface area contributed by atoms with Gasteiger partial charge in [0.15, 0.2) is 5.60 Å². The fourth-order valence-corrected chi connectivity index (χ4v) is 1.97. The number of nitrogens with zero attached hydrogens (tertiary/aromatic N) is 2. The third-order valence-electron chi connectivity index (χ3n) is 3.12. The molecule has 1 atom stereocenters. The number of esters is 1. The highest BCUT2D eigenvalue weighted by Gasteiger charge is 2.27. The Kier molecular flexibility index (Phi) is 6.86. The lowest BCUT2D eigenvalue weighted by Crippen LogP contribution is -2.43. The molecule has 0 saturated carbocycles. The van der Waals surface area contributed by atoms with Crippen LogP contribution in [0.5, 0.6) is 0 Å². The quantitative estimate of drug-likeness (QED) is 0.685. The van der Waals surface area contributed by atoms with E-state index in [0.29, 0.717) is 19.7 Å². The van der Waals surface area contributed by atoms with E-state index < -0.39 is 5.60 Å². The van der Waals surface area contributed by atoms with Gasteiger partial charge in [0, 0.05) is 20.2 Å². The van der Waals surface area contributed by atoms with Crippen molar-refractivity contribution in [2.24, 2.45) is 0 Å². The number of hydrogen-bond donors (Lipinski definition) is 0. The predicted octanol–water partition coefficient (Wildman–Crippen LogP) is 1.98. The first kappa shape index (κ1) is 17.2. The minimum Gasteiger partial charge on any atom is -0.465 e. The molecular formula is C16H22N2O3. The lowest BCUT2D eigenvalue weighted by molar-refractivity contribution is -0.145. The van der Waals surface area contributed by atoms with Crippen molar-refractivity contribution in [3.05, 3.63) is 35.9 Å². The van der Waals surface area contributed by atoms with Crippen LogP contribution in [0.2, 0.25) is 0 Å². The van der Waals surface area contributed by atoms with Crippen LogP contribution in [-0.4, -0.2) is 43.3 Å². The highest BCUT2D eigenvalue weighted by molar-refractivity contribution is 5.71. The fourth-order valence-electron chi connectivity index (χ4n) is 1.97. The molecule has 0 aromatic heterocycles. The van der Waals surface area contributed by atoms with E-state index in [-0.39, 0.29) is 12.5 Å². The molecule has 0 aliphatic carbocycles. The third kappa shape index (κ3) is 5.94.